The number of hydrogen-bond donors (Lipinski definition) is 1. The Kier molecular flexibility index (Phi) is 5.01. The molecule has 0 aromatic heterocycles. The molecular weight excluding hydrogens is 252 g/mol. The van der Waals surface area contributed by atoms with E-state index in [-0.39, 0.29) is 6.04 Å². The van der Waals surface area contributed by atoms with E-state index in [0.29, 0.717) is 11.5 Å². The molecular formula is C14H19F2NS. The van der Waals surface area contributed by atoms with Crippen molar-refractivity contribution in [2.45, 2.75) is 25.8 Å². The van der Waals surface area contributed by atoms with E-state index in [2.05, 4.69) is 5.32 Å². The maximum atomic E-state index is 13.6. The largest absolute Gasteiger partial charge is 0.310 e. The minimum absolute atomic E-state index is 0.143. The predicted molar refractivity (Wildman–Crippen MR) is 72.8 cm³/mol. The maximum absolute atomic E-state index is 13.6. The fourth-order valence-corrected chi connectivity index (χ4v) is 3.46. The molecule has 100 valence electrons. The van der Waals surface area contributed by atoms with Crippen LogP contribution >= 0.6 is 11.8 Å². The van der Waals surface area contributed by atoms with Crippen LogP contribution in [0.1, 0.15) is 31.4 Å². The molecule has 1 aliphatic heterocycles. The summed E-state index contributed by atoms with van der Waals surface area (Å²) in [5.41, 5.74) is 0.417. The fourth-order valence-electron chi connectivity index (χ4n) is 2.26. The van der Waals surface area contributed by atoms with Crippen molar-refractivity contribution in [2.24, 2.45) is 5.92 Å². The Morgan fingerprint density at radius 2 is 2.06 bits per heavy atom. The van der Waals surface area contributed by atoms with E-state index in [1.807, 2.05) is 18.7 Å². The molecule has 4 heteroatoms. The molecule has 2 rings (SSSR count). The van der Waals surface area contributed by atoms with E-state index in [4.69, 9.17) is 0 Å². The highest BCUT2D eigenvalue weighted by Gasteiger charge is 2.17. The van der Waals surface area contributed by atoms with Crippen molar-refractivity contribution in [2.75, 3.05) is 18.1 Å². The highest BCUT2D eigenvalue weighted by Crippen LogP contribution is 2.24. The Balaban J connectivity index is 1.90. The van der Waals surface area contributed by atoms with Crippen molar-refractivity contribution < 1.29 is 8.78 Å². The minimum Gasteiger partial charge on any atom is -0.310 e. The summed E-state index contributed by atoms with van der Waals surface area (Å²) in [6.45, 7) is 2.77. The zero-order valence-corrected chi connectivity index (χ0v) is 11.4. The van der Waals surface area contributed by atoms with Crippen LogP contribution in [0, 0.1) is 17.6 Å². The average molecular weight is 271 g/mol. The van der Waals surface area contributed by atoms with Crippen molar-refractivity contribution >= 4 is 11.8 Å². The number of rotatable bonds is 4. The van der Waals surface area contributed by atoms with E-state index >= 15 is 0 Å². The van der Waals surface area contributed by atoms with Crippen LogP contribution in [0.25, 0.3) is 0 Å². The van der Waals surface area contributed by atoms with E-state index in [1.54, 1.807) is 12.1 Å². The Bertz CT molecular complexity index is 391. The summed E-state index contributed by atoms with van der Waals surface area (Å²) in [7, 11) is 0. The van der Waals surface area contributed by atoms with E-state index in [9.17, 15) is 8.78 Å². The molecule has 0 bridgehead atoms. The normalized spacial score (nSPS) is 18.8. The molecule has 0 saturated carbocycles. The molecule has 1 aliphatic rings. The molecule has 1 fully saturated rings. The van der Waals surface area contributed by atoms with Gasteiger partial charge in [0, 0.05) is 11.6 Å². The lowest BCUT2D eigenvalue weighted by atomic mass is 10.0. The maximum Gasteiger partial charge on any atom is 0.163 e. The van der Waals surface area contributed by atoms with Crippen molar-refractivity contribution in [3.63, 3.8) is 0 Å². The third-order valence-electron chi connectivity index (χ3n) is 3.50. The summed E-state index contributed by atoms with van der Waals surface area (Å²) >= 11 is 2.00. The Labute approximate surface area is 111 Å². The predicted octanol–water partition coefficient (Wildman–Crippen LogP) is 3.76. The second-order valence-electron chi connectivity index (χ2n) is 4.83. The molecule has 1 aromatic rings. The summed E-state index contributed by atoms with van der Waals surface area (Å²) < 4.78 is 26.7. The van der Waals surface area contributed by atoms with Gasteiger partial charge in [0.1, 0.15) is 0 Å². The van der Waals surface area contributed by atoms with Gasteiger partial charge in [-0.25, -0.2) is 8.78 Å². The van der Waals surface area contributed by atoms with E-state index in [0.717, 1.165) is 12.6 Å². The Hall–Kier alpha value is -0.610. The van der Waals surface area contributed by atoms with Gasteiger partial charge in [0.2, 0.25) is 0 Å². The molecule has 0 radical (unpaired) electrons. The average Bonchev–Trinajstić information content (AvgIpc) is 2.40. The topological polar surface area (TPSA) is 12.0 Å². The number of benzene rings is 1. The van der Waals surface area contributed by atoms with Crippen LogP contribution in [0.5, 0.6) is 0 Å². The van der Waals surface area contributed by atoms with Crippen molar-refractivity contribution in [1.29, 1.82) is 0 Å². The third-order valence-corrected chi connectivity index (χ3v) is 4.55. The second-order valence-corrected chi connectivity index (χ2v) is 6.05. The smallest absolute Gasteiger partial charge is 0.163 e. The minimum atomic E-state index is -0.768. The van der Waals surface area contributed by atoms with Crippen molar-refractivity contribution in [1.82, 2.24) is 5.32 Å². The lowest BCUT2D eigenvalue weighted by molar-refractivity contribution is 0.409. The van der Waals surface area contributed by atoms with Crippen LogP contribution in [0.4, 0.5) is 8.78 Å². The van der Waals surface area contributed by atoms with Crippen LogP contribution in [-0.4, -0.2) is 18.1 Å². The van der Waals surface area contributed by atoms with Gasteiger partial charge in [0.05, 0.1) is 0 Å². The first-order chi connectivity index (χ1) is 8.68. The van der Waals surface area contributed by atoms with Gasteiger partial charge in [-0.1, -0.05) is 12.1 Å². The molecule has 18 heavy (non-hydrogen) atoms. The summed E-state index contributed by atoms with van der Waals surface area (Å²) in [4.78, 5) is 0. The standard InChI is InChI=1S/C14H19F2NS/c1-10(12-3-2-4-13(15)14(12)16)17-9-11-5-7-18-8-6-11/h2-4,10-11,17H,5-9H2,1H3. The summed E-state index contributed by atoms with van der Waals surface area (Å²) in [6, 6.07) is 4.22. The zero-order chi connectivity index (χ0) is 13.0. The molecule has 1 heterocycles. The van der Waals surface area contributed by atoms with Crippen LogP contribution in [0.2, 0.25) is 0 Å². The molecule has 1 saturated heterocycles. The number of nitrogens with one attached hydrogen (secondary N) is 1. The molecule has 0 spiro atoms. The van der Waals surface area contributed by atoms with Crippen LogP contribution in [0.3, 0.4) is 0 Å². The van der Waals surface area contributed by atoms with Crippen molar-refractivity contribution in [3.05, 3.63) is 35.4 Å². The van der Waals surface area contributed by atoms with Crippen molar-refractivity contribution in [3.8, 4) is 0 Å². The second kappa shape index (κ2) is 6.53. The van der Waals surface area contributed by atoms with Crippen LogP contribution in [0.15, 0.2) is 18.2 Å². The summed E-state index contributed by atoms with van der Waals surface area (Å²) in [6.07, 6.45) is 2.44. The molecule has 1 aromatic carbocycles. The Morgan fingerprint density at radius 1 is 1.33 bits per heavy atom. The van der Waals surface area contributed by atoms with Gasteiger partial charge in [-0.2, -0.15) is 11.8 Å². The molecule has 1 N–H and O–H groups in total. The number of halogens is 2. The zero-order valence-electron chi connectivity index (χ0n) is 10.6. The van der Waals surface area contributed by atoms with Gasteiger partial charge >= 0.3 is 0 Å². The summed E-state index contributed by atoms with van der Waals surface area (Å²) in [5, 5.41) is 3.32. The van der Waals surface area contributed by atoms with Gasteiger partial charge in [0.15, 0.2) is 11.6 Å². The monoisotopic (exact) mass is 271 g/mol. The fraction of sp³-hybridized carbons (Fsp3) is 0.571. The first-order valence-electron chi connectivity index (χ1n) is 6.43. The van der Waals surface area contributed by atoms with Gasteiger partial charge in [-0.15, -0.1) is 0 Å². The van der Waals surface area contributed by atoms with E-state index in [1.165, 1.54) is 24.3 Å². The lowest BCUT2D eigenvalue weighted by Crippen LogP contribution is -2.28. The van der Waals surface area contributed by atoms with Gasteiger partial charge in [0.25, 0.3) is 0 Å². The van der Waals surface area contributed by atoms with Gasteiger partial charge in [-0.05, 0) is 49.8 Å². The number of thioether (sulfide) groups is 1. The third kappa shape index (κ3) is 3.45. The highest BCUT2D eigenvalue weighted by molar-refractivity contribution is 7.99. The molecule has 1 unspecified atom stereocenters. The lowest BCUT2D eigenvalue weighted by Gasteiger charge is -2.24. The molecule has 0 amide bonds. The Morgan fingerprint density at radius 3 is 2.78 bits per heavy atom. The first kappa shape index (κ1) is 13.8. The quantitative estimate of drug-likeness (QED) is 0.895. The van der Waals surface area contributed by atoms with Gasteiger partial charge < -0.3 is 5.32 Å². The van der Waals surface area contributed by atoms with Crippen LogP contribution < -0.4 is 5.32 Å². The molecule has 0 aliphatic carbocycles. The summed E-state index contributed by atoms with van der Waals surface area (Å²) in [5.74, 6) is 1.61. The first-order valence-corrected chi connectivity index (χ1v) is 7.59. The van der Waals surface area contributed by atoms with Crippen LogP contribution in [-0.2, 0) is 0 Å². The van der Waals surface area contributed by atoms with Gasteiger partial charge in [-0.3, -0.25) is 0 Å². The number of hydrogen-bond acceptors (Lipinski definition) is 2. The van der Waals surface area contributed by atoms with E-state index < -0.39 is 11.6 Å². The molecule has 1 atom stereocenters. The highest BCUT2D eigenvalue weighted by atomic mass is 32.2. The molecule has 1 nitrogen and oxygen atoms in total. The SMILES string of the molecule is CC(NCC1CCSCC1)c1cccc(F)c1F.